The Labute approximate surface area is 176 Å². The number of methoxy groups -OCH3 is 1. The van der Waals surface area contributed by atoms with Crippen LogP contribution in [0.25, 0.3) is 22.4 Å². The number of H-pyrrole nitrogens is 1. The number of nitrogens with one attached hydrogen (secondary N) is 1. The Hall–Kier alpha value is -3.04. The number of sulfone groups is 1. The standard InChI is InChI=1S/C20H16ClFN4O3S/c1-11-15-9-23-19(24-20(15)26-25-11)12-3-4-13(17(22)7-12)10-30(27,28)18-8-14(29-2)5-6-16(18)21/h3-9H,10H2,1-2H3,(H,23,24,25,26). The van der Waals surface area contributed by atoms with Gasteiger partial charge in [-0.05, 0) is 25.1 Å². The van der Waals surface area contributed by atoms with Gasteiger partial charge in [-0.15, -0.1) is 0 Å². The Morgan fingerprint density at radius 1 is 1.20 bits per heavy atom. The van der Waals surface area contributed by atoms with Crippen LogP contribution in [0.5, 0.6) is 5.75 Å². The molecule has 0 saturated heterocycles. The van der Waals surface area contributed by atoms with Gasteiger partial charge >= 0.3 is 0 Å². The molecule has 2 aromatic heterocycles. The molecule has 30 heavy (non-hydrogen) atoms. The molecule has 2 heterocycles. The second-order valence-electron chi connectivity index (χ2n) is 6.64. The van der Waals surface area contributed by atoms with Crippen LogP contribution >= 0.6 is 11.6 Å². The molecule has 0 atom stereocenters. The van der Waals surface area contributed by atoms with Gasteiger partial charge in [0.25, 0.3) is 0 Å². The molecule has 1 N–H and O–H groups in total. The Morgan fingerprint density at radius 2 is 2.00 bits per heavy atom. The van der Waals surface area contributed by atoms with Gasteiger partial charge in [-0.1, -0.05) is 23.7 Å². The second-order valence-corrected chi connectivity index (χ2v) is 9.01. The van der Waals surface area contributed by atoms with E-state index in [9.17, 15) is 12.8 Å². The number of hydrogen-bond acceptors (Lipinski definition) is 6. The first-order valence-corrected chi connectivity index (χ1v) is 10.8. The summed E-state index contributed by atoms with van der Waals surface area (Å²) in [4.78, 5) is 8.45. The minimum atomic E-state index is -3.90. The molecule has 4 rings (SSSR count). The number of halogens is 2. The topological polar surface area (TPSA) is 97.8 Å². The van der Waals surface area contributed by atoms with Gasteiger partial charge in [-0.25, -0.2) is 22.8 Å². The molecule has 0 bridgehead atoms. The maximum absolute atomic E-state index is 14.7. The number of nitrogens with zero attached hydrogens (tertiary/aromatic N) is 3. The first-order chi connectivity index (χ1) is 14.3. The number of benzene rings is 2. The molecule has 2 aromatic carbocycles. The minimum absolute atomic E-state index is 0.00864. The van der Waals surface area contributed by atoms with Gasteiger partial charge in [0.1, 0.15) is 11.6 Å². The highest BCUT2D eigenvalue weighted by Gasteiger charge is 2.22. The molecule has 4 aromatic rings. The van der Waals surface area contributed by atoms with Crippen molar-refractivity contribution in [2.24, 2.45) is 0 Å². The van der Waals surface area contributed by atoms with E-state index in [1.807, 2.05) is 6.92 Å². The van der Waals surface area contributed by atoms with Gasteiger partial charge in [0.15, 0.2) is 21.3 Å². The predicted molar refractivity (Wildman–Crippen MR) is 111 cm³/mol. The fraction of sp³-hybridized carbons (Fsp3) is 0.150. The van der Waals surface area contributed by atoms with E-state index in [1.165, 1.54) is 31.4 Å². The van der Waals surface area contributed by atoms with Crippen LogP contribution in [0.3, 0.4) is 0 Å². The molecule has 10 heteroatoms. The van der Waals surface area contributed by atoms with Crippen molar-refractivity contribution >= 4 is 32.5 Å². The van der Waals surface area contributed by atoms with Gasteiger partial charge < -0.3 is 4.74 Å². The fourth-order valence-electron chi connectivity index (χ4n) is 2.99. The maximum Gasteiger partial charge on any atom is 0.184 e. The van der Waals surface area contributed by atoms with Crippen LogP contribution in [0.2, 0.25) is 5.02 Å². The maximum atomic E-state index is 14.7. The smallest absolute Gasteiger partial charge is 0.184 e. The zero-order valence-corrected chi connectivity index (χ0v) is 17.6. The van der Waals surface area contributed by atoms with Crippen molar-refractivity contribution in [1.82, 2.24) is 20.2 Å². The fourth-order valence-corrected chi connectivity index (χ4v) is 4.92. The van der Waals surface area contributed by atoms with E-state index in [0.29, 0.717) is 17.0 Å². The SMILES string of the molecule is COc1ccc(Cl)c(S(=O)(=O)Cc2ccc(-c3ncc4c(C)[nH]nc4n3)cc2F)c1. The average molecular weight is 447 g/mol. The molecule has 7 nitrogen and oxygen atoms in total. The molecule has 0 aliphatic carbocycles. The number of ether oxygens (including phenoxy) is 1. The lowest BCUT2D eigenvalue weighted by Gasteiger charge is -2.10. The van der Waals surface area contributed by atoms with Crippen LogP contribution < -0.4 is 4.74 Å². The Kier molecular flexibility index (Phi) is 5.17. The number of aryl methyl sites for hydroxylation is 1. The summed E-state index contributed by atoms with van der Waals surface area (Å²) in [5, 5.41) is 7.71. The molecule has 0 amide bonds. The summed E-state index contributed by atoms with van der Waals surface area (Å²) >= 11 is 6.04. The monoisotopic (exact) mass is 446 g/mol. The van der Waals surface area contributed by atoms with Crippen molar-refractivity contribution < 1.29 is 17.5 Å². The first-order valence-electron chi connectivity index (χ1n) is 8.81. The lowest BCUT2D eigenvalue weighted by Crippen LogP contribution is -2.08. The summed E-state index contributed by atoms with van der Waals surface area (Å²) in [5.41, 5.74) is 1.72. The Bertz CT molecular complexity index is 1370. The molecule has 0 aliphatic heterocycles. The van der Waals surface area contributed by atoms with Crippen LogP contribution in [0.4, 0.5) is 4.39 Å². The molecule has 0 fully saturated rings. The Balaban J connectivity index is 1.66. The summed E-state index contributed by atoms with van der Waals surface area (Å²) in [5.74, 6) is -0.602. The van der Waals surface area contributed by atoms with E-state index in [4.69, 9.17) is 16.3 Å². The predicted octanol–water partition coefficient (Wildman–Crippen LogP) is 4.10. The average Bonchev–Trinajstić information content (AvgIpc) is 3.10. The third-order valence-electron chi connectivity index (χ3n) is 4.63. The van der Waals surface area contributed by atoms with E-state index in [1.54, 1.807) is 18.3 Å². The van der Waals surface area contributed by atoms with Crippen LogP contribution in [-0.4, -0.2) is 35.7 Å². The zero-order chi connectivity index (χ0) is 21.5. The highest BCUT2D eigenvalue weighted by atomic mass is 35.5. The van der Waals surface area contributed by atoms with Crippen LogP contribution in [0, 0.1) is 12.7 Å². The van der Waals surface area contributed by atoms with Crippen LogP contribution in [0.1, 0.15) is 11.3 Å². The van der Waals surface area contributed by atoms with Crippen molar-refractivity contribution in [3.8, 4) is 17.1 Å². The van der Waals surface area contributed by atoms with Gasteiger partial charge in [0.05, 0.1) is 28.2 Å². The van der Waals surface area contributed by atoms with E-state index >= 15 is 0 Å². The minimum Gasteiger partial charge on any atom is -0.497 e. The molecule has 0 saturated carbocycles. The van der Waals surface area contributed by atoms with Gasteiger partial charge in [0, 0.05) is 29.1 Å². The summed E-state index contributed by atoms with van der Waals surface area (Å²) in [6.07, 6.45) is 1.61. The summed E-state index contributed by atoms with van der Waals surface area (Å²) in [6.45, 7) is 1.85. The number of fused-ring (bicyclic) bond motifs is 1. The normalized spacial score (nSPS) is 11.7. The van der Waals surface area contributed by atoms with Crippen molar-refractivity contribution in [3.05, 3.63) is 64.7 Å². The van der Waals surface area contributed by atoms with Crippen molar-refractivity contribution in [1.29, 1.82) is 0 Å². The highest BCUT2D eigenvalue weighted by Crippen LogP contribution is 2.30. The quantitative estimate of drug-likeness (QED) is 0.495. The lowest BCUT2D eigenvalue weighted by atomic mass is 10.1. The number of aromatic nitrogens is 4. The van der Waals surface area contributed by atoms with Crippen molar-refractivity contribution in [2.75, 3.05) is 7.11 Å². The van der Waals surface area contributed by atoms with E-state index in [-0.39, 0.29) is 21.3 Å². The van der Waals surface area contributed by atoms with E-state index in [0.717, 1.165) is 11.1 Å². The van der Waals surface area contributed by atoms with Gasteiger partial charge in [-0.2, -0.15) is 5.10 Å². The van der Waals surface area contributed by atoms with Crippen LogP contribution in [-0.2, 0) is 15.6 Å². The summed E-state index contributed by atoms with van der Waals surface area (Å²) < 4.78 is 45.4. The van der Waals surface area contributed by atoms with Crippen LogP contribution in [0.15, 0.2) is 47.5 Å². The van der Waals surface area contributed by atoms with Crippen molar-refractivity contribution in [2.45, 2.75) is 17.6 Å². The molecular weight excluding hydrogens is 431 g/mol. The zero-order valence-electron chi connectivity index (χ0n) is 16.0. The van der Waals surface area contributed by atoms with Gasteiger partial charge in [0.2, 0.25) is 0 Å². The first kappa shape index (κ1) is 20.2. The molecule has 0 unspecified atom stereocenters. The third kappa shape index (κ3) is 3.73. The lowest BCUT2D eigenvalue weighted by molar-refractivity contribution is 0.413. The molecule has 0 radical (unpaired) electrons. The molecular formula is C20H16ClFN4O3S. The van der Waals surface area contributed by atoms with E-state index < -0.39 is 21.4 Å². The van der Waals surface area contributed by atoms with Crippen molar-refractivity contribution in [3.63, 3.8) is 0 Å². The molecule has 0 spiro atoms. The number of rotatable bonds is 5. The van der Waals surface area contributed by atoms with Gasteiger partial charge in [-0.3, -0.25) is 5.10 Å². The summed E-state index contributed by atoms with van der Waals surface area (Å²) in [6, 6.07) is 8.48. The largest absolute Gasteiger partial charge is 0.497 e. The summed E-state index contributed by atoms with van der Waals surface area (Å²) in [7, 11) is -2.48. The Morgan fingerprint density at radius 3 is 2.73 bits per heavy atom. The molecule has 154 valence electrons. The number of aromatic amines is 1. The highest BCUT2D eigenvalue weighted by molar-refractivity contribution is 7.90. The molecule has 0 aliphatic rings. The number of hydrogen-bond donors (Lipinski definition) is 1. The third-order valence-corrected chi connectivity index (χ3v) is 6.77. The van der Waals surface area contributed by atoms with E-state index in [2.05, 4.69) is 20.2 Å². The second kappa shape index (κ2) is 7.66.